The van der Waals surface area contributed by atoms with Crippen molar-refractivity contribution in [3.63, 3.8) is 0 Å². The minimum absolute atomic E-state index is 0.570. The van der Waals surface area contributed by atoms with Crippen LogP contribution in [0.4, 0.5) is 0 Å². The molecular weight excluding hydrogens is 262 g/mol. The Morgan fingerprint density at radius 1 is 1.05 bits per heavy atom. The molecule has 0 aliphatic heterocycles. The molecule has 2 rings (SSSR count). The molecule has 2 N–H and O–H groups in total. The third-order valence-corrected chi connectivity index (χ3v) is 3.31. The van der Waals surface area contributed by atoms with Gasteiger partial charge in [-0.15, -0.1) is 0 Å². The van der Waals surface area contributed by atoms with Gasteiger partial charge in [-0.2, -0.15) is 0 Å². The molecule has 0 aliphatic carbocycles. The molecule has 0 atom stereocenters. The first-order valence-corrected chi connectivity index (χ1v) is 7.27. The lowest BCUT2D eigenvalue weighted by molar-refractivity contribution is 0.258. The highest BCUT2D eigenvalue weighted by molar-refractivity contribution is 5.27. The fourth-order valence-electron chi connectivity index (χ4n) is 2.13. The topological polar surface area (TPSA) is 51.4 Å². The first-order chi connectivity index (χ1) is 10.3. The van der Waals surface area contributed by atoms with E-state index in [-0.39, 0.29) is 0 Å². The molecule has 21 heavy (non-hydrogen) atoms. The van der Waals surface area contributed by atoms with Gasteiger partial charge in [0, 0.05) is 32.0 Å². The van der Waals surface area contributed by atoms with Gasteiger partial charge in [-0.05, 0) is 48.9 Å². The first kappa shape index (κ1) is 15.5. The highest BCUT2D eigenvalue weighted by Gasteiger charge is 2.00. The molecule has 0 radical (unpaired) electrons. The second-order valence-corrected chi connectivity index (χ2v) is 5.14. The molecule has 0 aliphatic rings. The molecule has 0 unspecified atom stereocenters. The van der Waals surface area contributed by atoms with E-state index >= 15 is 0 Å². The van der Waals surface area contributed by atoms with Crippen LogP contribution in [0.5, 0.6) is 5.75 Å². The van der Waals surface area contributed by atoms with Crippen LogP contribution in [0.2, 0.25) is 0 Å². The summed E-state index contributed by atoms with van der Waals surface area (Å²) in [5.74, 6) is 0.906. The van der Waals surface area contributed by atoms with Crippen molar-refractivity contribution >= 4 is 0 Å². The number of hydrogen-bond donors (Lipinski definition) is 1. The monoisotopic (exact) mass is 285 g/mol. The molecular formula is C17H23N3O. The maximum atomic E-state index is 5.73. The summed E-state index contributed by atoms with van der Waals surface area (Å²) in [5.41, 5.74) is 7.98. The fraction of sp³-hybridized carbons (Fsp3) is 0.353. The minimum Gasteiger partial charge on any atom is -0.494 e. The lowest BCUT2D eigenvalue weighted by Gasteiger charge is -2.16. The van der Waals surface area contributed by atoms with Gasteiger partial charge in [0.1, 0.15) is 5.75 Å². The number of nitrogens with zero attached hydrogens (tertiary/aromatic N) is 2. The highest BCUT2D eigenvalue weighted by atomic mass is 16.5. The van der Waals surface area contributed by atoms with Crippen LogP contribution in [-0.2, 0) is 13.1 Å². The Balaban J connectivity index is 1.64. The van der Waals surface area contributed by atoms with Gasteiger partial charge < -0.3 is 15.4 Å². The molecule has 4 heteroatoms. The first-order valence-electron chi connectivity index (χ1n) is 7.27. The Labute approximate surface area is 126 Å². The minimum atomic E-state index is 0.570. The molecule has 0 bridgehead atoms. The van der Waals surface area contributed by atoms with Crippen molar-refractivity contribution < 1.29 is 4.74 Å². The van der Waals surface area contributed by atoms with E-state index in [0.717, 1.165) is 37.4 Å². The molecule has 0 amide bonds. The Hall–Kier alpha value is -1.91. The zero-order valence-electron chi connectivity index (χ0n) is 12.5. The van der Waals surface area contributed by atoms with Crippen molar-refractivity contribution in [3.8, 4) is 5.75 Å². The number of hydrogen-bond acceptors (Lipinski definition) is 4. The van der Waals surface area contributed by atoms with E-state index in [1.807, 2.05) is 48.8 Å². The summed E-state index contributed by atoms with van der Waals surface area (Å²) < 4.78 is 5.73. The average Bonchev–Trinajstić information content (AvgIpc) is 2.53. The smallest absolute Gasteiger partial charge is 0.119 e. The van der Waals surface area contributed by atoms with E-state index < -0.39 is 0 Å². The Morgan fingerprint density at radius 3 is 2.43 bits per heavy atom. The fourth-order valence-corrected chi connectivity index (χ4v) is 2.13. The second kappa shape index (κ2) is 8.39. The number of ether oxygens (including phenoxy) is 1. The van der Waals surface area contributed by atoms with Gasteiger partial charge in [0.15, 0.2) is 0 Å². The van der Waals surface area contributed by atoms with Gasteiger partial charge >= 0.3 is 0 Å². The van der Waals surface area contributed by atoms with Gasteiger partial charge in [-0.3, -0.25) is 4.98 Å². The van der Waals surface area contributed by atoms with Crippen LogP contribution in [0.1, 0.15) is 17.5 Å². The summed E-state index contributed by atoms with van der Waals surface area (Å²) in [6.07, 6.45) is 4.66. The largest absolute Gasteiger partial charge is 0.494 e. The molecule has 0 spiro atoms. The van der Waals surface area contributed by atoms with Crippen LogP contribution in [0, 0.1) is 0 Å². The lowest BCUT2D eigenvalue weighted by atomic mass is 10.2. The number of rotatable bonds is 8. The van der Waals surface area contributed by atoms with E-state index in [2.05, 4.69) is 16.9 Å². The Morgan fingerprint density at radius 2 is 1.76 bits per heavy atom. The predicted molar refractivity (Wildman–Crippen MR) is 85.0 cm³/mol. The van der Waals surface area contributed by atoms with Gasteiger partial charge in [-0.25, -0.2) is 0 Å². The van der Waals surface area contributed by atoms with E-state index in [9.17, 15) is 0 Å². The average molecular weight is 285 g/mol. The van der Waals surface area contributed by atoms with Crippen LogP contribution >= 0.6 is 0 Å². The summed E-state index contributed by atoms with van der Waals surface area (Å²) in [7, 11) is 2.12. The summed E-state index contributed by atoms with van der Waals surface area (Å²) in [4.78, 5) is 6.32. The zero-order valence-corrected chi connectivity index (χ0v) is 12.5. The molecule has 0 saturated carbocycles. The summed E-state index contributed by atoms with van der Waals surface area (Å²) in [6.45, 7) is 3.24. The maximum absolute atomic E-state index is 5.73. The van der Waals surface area contributed by atoms with Crippen LogP contribution in [0.3, 0.4) is 0 Å². The van der Waals surface area contributed by atoms with E-state index in [4.69, 9.17) is 10.5 Å². The molecule has 1 aromatic heterocycles. The van der Waals surface area contributed by atoms with Crippen molar-refractivity contribution in [3.05, 3.63) is 59.9 Å². The van der Waals surface area contributed by atoms with Gasteiger partial charge in [0.05, 0.1) is 6.61 Å². The Kier molecular flexibility index (Phi) is 6.19. The molecule has 2 aromatic rings. The third kappa shape index (κ3) is 5.53. The molecule has 1 aromatic carbocycles. The standard InChI is InChI=1S/C17H23N3O/c1-20(14-16-7-9-19-10-8-16)11-2-12-21-17-5-3-15(13-18)4-6-17/h3-10H,2,11-14,18H2,1H3. The Bertz CT molecular complexity index is 513. The quantitative estimate of drug-likeness (QED) is 0.757. The van der Waals surface area contributed by atoms with Crippen molar-refractivity contribution in [2.45, 2.75) is 19.5 Å². The SMILES string of the molecule is CN(CCCOc1ccc(CN)cc1)Cc1ccncc1. The van der Waals surface area contributed by atoms with Crippen molar-refractivity contribution in [1.82, 2.24) is 9.88 Å². The van der Waals surface area contributed by atoms with E-state index in [0.29, 0.717) is 6.54 Å². The third-order valence-electron chi connectivity index (χ3n) is 3.31. The van der Waals surface area contributed by atoms with Crippen molar-refractivity contribution in [2.24, 2.45) is 5.73 Å². The normalized spacial score (nSPS) is 10.8. The van der Waals surface area contributed by atoms with E-state index in [1.165, 1.54) is 5.56 Å². The van der Waals surface area contributed by atoms with Gasteiger partial charge in [-0.1, -0.05) is 12.1 Å². The highest BCUT2D eigenvalue weighted by Crippen LogP contribution is 2.12. The summed E-state index contributed by atoms with van der Waals surface area (Å²) >= 11 is 0. The maximum Gasteiger partial charge on any atom is 0.119 e. The number of pyridine rings is 1. The summed E-state index contributed by atoms with van der Waals surface area (Å²) in [5, 5.41) is 0. The van der Waals surface area contributed by atoms with Crippen molar-refractivity contribution in [2.75, 3.05) is 20.2 Å². The van der Waals surface area contributed by atoms with E-state index in [1.54, 1.807) is 0 Å². The number of benzene rings is 1. The van der Waals surface area contributed by atoms with Crippen molar-refractivity contribution in [1.29, 1.82) is 0 Å². The zero-order chi connectivity index (χ0) is 14.9. The van der Waals surface area contributed by atoms with Crippen LogP contribution in [0.25, 0.3) is 0 Å². The predicted octanol–water partition coefficient (Wildman–Crippen LogP) is 2.44. The summed E-state index contributed by atoms with van der Waals surface area (Å²) in [6, 6.07) is 12.1. The van der Waals surface area contributed by atoms with Gasteiger partial charge in [0.25, 0.3) is 0 Å². The molecule has 4 nitrogen and oxygen atoms in total. The molecule has 0 saturated heterocycles. The lowest BCUT2D eigenvalue weighted by Crippen LogP contribution is -2.20. The number of aromatic nitrogens is 1. The van der Waals surface area contributed by atoms with Crippen LogP contribution in [0.15, 0.2) is 48.8 Å². The molecule has 1 heterocycles. The second-order valence-electron chi connectivity index (χ2n) is 5.14. The molecule has 112 valence electrons. The van der Waals surface area contributed by atoms with Crippen LogP contribution in [-0.4, -0.2) is 30.1 Å². The van der Waals surface area contributed by atoms with Gasteiger partial charge in [0.2, 0.25) is 0 Å². The molecule has 0 fully saturated rings. The number of nitrogens with two attached hydrogens (primary N) is 1. The van der Waals surface area contributed by atoms with Crippen LogP contribution < -0.4 is 10.5 Å².